The number of amides is 1. The van der Waals surface area contributed by atoms with Crippen LogP contribution in [0, 0.1) is 0 Å². The largest absolute Gasteiger partial charge is 0.372 e. The Kier molecular flexibility index (Phi) is 5.19. The van der Waals surface area contributed by atoms with Crippen LogP contribution in [-0.4, -0.2) is 47.5 Å². The molecule has 0 unspecified atom stereocenters. The Morgan fingerprint density at radius 2 is 2.35 bits per heavy atom. The van der Waals surface area contributed by atoms with Gasteiger partial charge in [0, 0.05) is 37.3 Å². The average molecular weight is 332 g/mol. The van der Waals surface area contributed by atoms with Crippen molar-refractivity contribution in [2.24, 2.45) is 0 Å². The van der Waals surface area contributed by atoms with Crippen molar-refractivity contribution in [3.63, 3.8) is 0 Å². The maximum atomic E-state index is 12.4. The molecule has 7 heteroatoms. The second-order valence-electron chi connectivity index (χ2n) is 5.32. The summed E-state index contributed by atoms with van der Waals surface area (Å²) in [5, 5.41) is 5.06. The second kappa shape index (κ2) is 7.52. The molecule has 1 aliphatic heterocycles. The van der Waals surface area contributed by atoms with Crippen LogP contribution in [0.1, 0.15) is 23.1 Å². The highest BCUT2D eigenvalue weighted by atomic mass is 32.1. The van der Waals surface area contributed by atoms with Gasteiger partial charge in [0.2, 0.25) is 5.91 Å². The average Bonchev–Trinajstić information content (AvgIpc) is 3.13. The second-order valence-corrected chi connectivity index (χ2v) is 6.35. The van der Waals surface area contributed by atoms with Gasteiger partial charge in [-0.3, -0.25) is 9.78 Å². The number of aryl methyl sites for hydroxylation is 1. The lowest BCUT2D eigenvalue weighted by molar-refractivity contribution is -0.139. The summed E-state index contributed by atoms with van der Waals surface area (Å²) in [7, 11) is 1.81. The Morgan fingerprint density at radius 1 is 1.48 bits per heavy atom. The van der Waals surface area contributed by atoms with Crippen LogP contribution >= 0.6 is 11.3 Å². The molecule has 1 amide bonds. The van der Waals surface area contributed by atoms with Crippen molar-refractivity contribution in [1.82, 2.24) is 14.9 Å². The Hall–Kier alpha value is -1.99. The summed E-state index contributed by atoms with van der Waals surface area (Å²) >= 11 is 1.69. The smallest absolute Gasteiger partial charge is 0.223 e. The molecule has 0 bridgehead atoms. The van der Waals surface area contributed by atoms with Gasteiger partial charge in [0.15, 0.2) is 0 Å². The van der Waals surface area contributed by atoms with Crippen LogP contribution in [0.3, 0.4) is 0 Å². The zero-order valence-corrected chi connectivity index (χ0v) is 13.9. The molecule has 0 aliphatic carbocycles. The Bertz CT molecular complexity index is 647. The number of carbonyl (C=O) groups excluding carboxylic acids is 1. The molecule has 2 aromatic heterocycles. The molecule has 1 atom stereocenters. The van der Waals surface area contributed by atoms with Crippen LogP contribution in [-0.2, 0) is 16.0 Å². The van der Waals surface area contributed by atoms with Gasteiger partial charge < -0.3 is 15.0 Å². The number of rotatable bonds is 5. The third-order valence-electron chi connectivity index (χ3n) is 3.85. The van der Waals surface area contributed by atoms with Crippen molar-refractivity contribution in [3.8, 4) is 0 Å². The van der Waals surface area contributed by atoms with Gasteiger partial charge in [-0.15, -0.1) is 11.3 Å². The molecule has 3 rings (SSSR count). The van der Waals surface area contributed by atoms with Gasteiger partial charge in [0.25, 0.3) is 0 Å². The van der Waals surface area contributed by atoms with E-state index in [0.717, 1.165) is 12.1 Å². The van der Waals surface area contributed by atoms with Crippen LogP contribution in [0.4, 0.5) is 5.82 Å². The third-order valence-corrected chi connectivity index (χ3v) is 4.79. The number of anilines is 1. The fourth-order valence-corrected chi connectivity index (χ4v) is 3.37. The maximum Gasteiger partial charge on any atom is 0.223 e. The highest BCUT2D eigenvalue weighted by Gasteiger charge is 2.28. The number of carbonyl (C=O) groups is 1. The summed E-state index contributed by atoms with van der Waals surface area (Å²) < 4.78 is 5.80. The van der Waals surface area contributed by atoms with Gasteiger partial charge in [-0.2, -0.15) is 0 Å². The highest BCUT2D eigenvalue weighted by Crippen LogP contribution is 2.25. The van der Waals surface area contributed by atoms with E-state index >= 15 is 0 Å². The fourth-order valence-electron chi connectivity index (χ4n) is 2.66. The summed E-state index contributed by atoms with van der Waals surface area (Å²) in [5.41, 5.74) is 0.755. The number of thiophene rings is 1. The first-order valence-corrected chi connectivity index (χ1v) is 8.56. The molecule has 1 saturated heterocycles. The lowest BCUT2D eigenvalue weighted by Crippen LogP contribution is -2.42. The van der Waals surface area contributed by atoms with E-state index in [9.17, 15) is 4.79 Å². The highest BCUT2D eigenvalue weighted by molar-refractivity contribution is 7.09. The van der Waals surface area contributed by atoms with E-state index in [1.165, 1.54) is 4.88 Å². The van der Waals surface area contributed by atoms with Crippen LogP contribution in [0.5, 0.6) is 0 Å². The van der Waals surface area contributed by atoms with Gasteiger partial charge in [-0.25, -0.2) is 4.98 Å². The minimum Gasteiger partial charge on any atom is -0.372 e. The summed E-state index contributed by atoms with van der Waals surface area (Å²) in [6, 6.07) is 4.08. The summed E-state index contributed by atoms with van der Waals surface area (Å²) in [5.74, 6) is 0.868. The molecule has 1 fully saturated rings. The molecule has 2 aromatic rings. The van der Waals surface area contributed by atoms with Crippen LogP contribution < -0.4 is 5.32 Å². The molecular formula is C16H20N4O2S. The van der Waals surface area contributed by atoms with E-state index in [2.05, 4.69) is 21.4 Å². The molecule has 0 aromatic carbocycles. The van der Waals surface area contributed by atoms with E-state index in [-0.39, 0.29) is 12.0 Å². The van der Waals surface area contributed by atoms with Crippen molar-refractivity contribution >= 4 is 23.1 Å². The molecule has 6 nitrogen and oxygen atoms in total. The first kappa shape index (κ1) is 15.9. The number of nitrogens with one attached hydrogen (secondary N) is 1. The quantitative estimate of drug-likeness (QED) is 0.908. The van der Waals surface area contributed by atoms with E-state index in [1.807, 2.05) is 16.3 Å². The fraction of sp³-hybridized carbons (Fsp3) is 0.438. The van der Waals surface area contributed by atoms with Gasteiger partial charge in [-0.1, -0.05) is 6.07 Å². The minimum absolute atomic E-state index is 0.168. The first-order chi connectivity index (χ1) is 11.3. The zero-order valence-electron chi connectivity index (χ0n) is 13.1. The van der Waals surface area contributed by atoms with Crippen LogP contribution in [0.25, 0.3) is 0 Å². The topological polar surface area (TPSA) is 67.4 Å². The predicted octanol–water partition coefficient (Wildman–Crippen LogP) is 2.11. The zero-order chi connectivity index (χ0) is 16.1. The third kappa shape index (κ3) is 3.86. The lowest BCUT2D eigenvalue weighted by Gasteiger charge is -2.33. The van der Waals surface area contributed by atoms with Gasteiger partial charge >= 0.3 is 0 Å². The minimum atomic E-state index is -0.231. The van der Waals surface area contributed by atoms with Gasteiger partial charge in [0.05, 0.1) is 13.2 Å². The van der Waals surface area contributed by atoms with Crippen molar-refractivity contribution in [2.75, 3.05) is 32.1 Å². The molecule has 0 saturated carbocycles. The predicted molar refractivity (Wildman–Crippen MR) is 89.5 cm³/mol. The number of morpholine rings is 1. The standard InChI is InChI=1S/C16H20N4O2S/c1-17-16-15(18-6-7-19-16)13-11-20(8-9-22-13)14(21)5-4-12-3-2-10-23-12/h2-3,6-7,10,13H,4-5,8-9,11H2,1H3,(H,17,19)/t13-/m0/s1. The SMILES string of the molecule is CNc1nccnc1[C@@H]1CN(C(=O)CCc2cccs2)CCO1. The van der Waals surface area contributed by atoms with Gasteiger partial charge in [-0.05, 0) is 17.9 Å². The van der Waals surface area contributed by atoms with E-state index in [1.54, 1.807) is 30.8 Å². The van der Waals surface area contributed by atoms with E-state index in [0.29, 0.717) is 31.9 Å². The number of ether oxygens (including phenoxy) is 1. The number of hydrogen-bond donors (Lipinski definition) is 1. The first-order valence-electron chi connectivity index (χ1n) is 7.68. The van der Waals surface area contributed by atoms with E-state index in [4.69, 9.17) is 4.74 Å². The number of nitrogens with zero attached hydrogens (tertiary/aromatic N) is 3. The maximum absolute atomic E-state index is 12.4. The summed E-state index contributed by atoms with van der Waals surface area (Å²) in [4.78, 5) is 24.2. The monoisotopic (exact) mass is 332 g/mol. The molecular weight excluding hydrogens is 312 g/mol. The van der Waals surface area contributed by atoms with Crippen molar-refractivity contribution in [2.45, 2.75) is 18.9 Å². The number of hydrogen-bond acceptors (Lipinski definition) is 6. The Balaban J connectivity index is 1.62. The van der Waals surface area contributed by atoms with Gasteiger partial charge in [0.1, 0.15) is 17.6 Å². The summed E-state index contributed by atoms with van der Waals surface area (Å²) in [6.45, 7) is 1.68. The lowest BCUT2D eigenvalue weighted by atomic mass is 10.1. The Morgan fingerprint density at radius 3 is 3.13 bits per heavy atom. The van der Waals surface area contributed by atoms with Crippen LogP contribution in [0.15, 0.2) is 29.9 Å². The molecule has 23 heavy (non-hydrogen) atoms. The molecule has 0 radical (unpaired) electrons. The normalized spacial score (nSPS) is 18.0. The Labute approximate surface area is 139 Å². The van der Waals surface area contributed by atoms with Crippen molar-refractivity contribution < 1.29 is 9.53 Å². The molecule has 3 heterocycles. The molecule has 122 valence electrons. The van der Waals surface area contributed by atoms with Crippen LogP contribution in [0.2, 0.25) is 0 Å². The number of aromatic nitrogens is 2. The molecule has 0 spiro atoms. The van der Waals surface area contributed by atoms with Crippen molar-refractivity contribution in [1.29, 1.82) is 0 Å². The summed E-state index contributed by atoms with van der Waals surface area (Å²) in [6.07, 6.45) is 4.39. The molecule has 1 aliphatic rings. The van der Waals surface area contributed by atoms with Crippen molar-refractivity contribution in [3.05, 3.63) is 40.5 Å². The molecule has 1 N–H and O–H groups in total. The van der Waals surface area contributed by atoms with E-state index < -0.39 is 0 Å².